The smallest absolute Gasteiger partial charge is 0.138 e. The predicted molar refractivity (Wildman–Crippen MR) is 60.9 cm³/mol. The van der Waals surface area contributed by atoms with Gasteiger partial charge in [-0.3, -0.25) is 4.68 Å². The summed E-state index contributed by atoms with van der Waals surface area (Å²) in [5.74, 6) is 0.809. The predicted octanol–water partition coefficient (Wildman–Crippen LogP) is 0.961. The molecule has 16 heavy (non-hydrogen) atoms. The number of aromatic nitrogens is 3. The average Bonchev–Trinajstić information content (AvgIpc) is 2.66. The number of hydrogen-bond acceptors (Lipinski definition) is 3. The van der Waals surface area contributed by atoms with Crippen LogP contribution >= 0.6 is 0 Å². The standard InChI is InChI=1S/C12H15N3O/c1-15-12(13-9-14-15)8-11(16)7-10-5-3-2-4-6-10/h2-6,9,11,16H,7-8H2,1H3. The van der Waals surface area contributed by atoms with E-state index in [1.807, 2.05) is 37.4 Å². The maximum Gasteiger partial charge on any atom is 0.138 e. The van der Waals surface area contributed by atoms with Gasteiger partial charge in [-0.1, -0.05) is 30.3 Å². The molecule has 0 aliphatic carbocycles. The fraction of sp³-hybridized carbons (Fsp3) is 0.333. The van der Waals surface area contributed by atoms with Crippen molar-refractivity contribution in [2.45, 2.75) is 18.9 Å². The zero-order valence-electron chi connectivity index (χ0n) is 9.24. The SMILES string of the molecule is Cn1ncnc1CC(O)Cc1ccccc1. The van der Waals surface area contributed by atoms with Gasteiger partial charge in [-0.2, -0.15) is 5.10 Å². The van der Waals surface area contributed by atoms with E-state index >= 15 is 0 Å². The molecule has 1 unspecified atom stereocenters. The van der Waals surface area contributed by atoms with E-state index in [0.717, 1.165) is 11.4 Å². The van der Waals surface area contributed by atoms with Gasteiger partial charge in [-0.05, 0) is 12.0 Å². The normalized spacial score (nSPS) is 12.6. The van der Waals surface area contributed by atoms with Crippen LogP contribution in [0.4, 0.5) is 0 Å². The molecule has 4 heteroatoms. The summed E-state index contributed by atoms with van der Waals surface area (Å²) >= 11 is 0. The summed E-state index contributed by atoms with van der Waals surface area (Å²) in [7, 11) is 1.83. The Kier molecular flexibility index (Phi) is 3.31. The maximum atomic E-state index is 9.92. The van der Waals surface area contributed by atoms with Crippen molar-refractivity contribution in [3.05, 3.63) is 48.0 Å². The highest BCUT2D eigenvalue weighted by Gasteiger charge is 2.10. The molecule has 4 nitrogen and oxygen atoms in total. The van der Waals surface area contributed by atoms with Gasteiger partial charge in [0.25, 0.3) is 0 Å². The zero-order valence-corrected chi connectivity index (χ0v) is 9.24. The van der Waals surface area contributed by atoms with Gasteiger partial charge in [-0.15, -0.1) is 0 Å². The van der Waals surface area contributed by atoms with Gasteiger partial charge in [0.05, 0.1) is 6.10 Å². The molecule has 1 aromatic heterocycles. The maximum absolute atomic E-state index is 9.92. The van der Waals surface area contributed by atoms with Crippen LogP contribution < -0.4 is 0 Å². The second kappa shape index (κ2) is 4.90. The van der Waals surface area contributed by atoms with E-state index < -0.39 is 6.10 Å². The fourth-order valence-electron chi connectivity index (χ4n) is 1.67. The lowest BCUT2D eigenvalue weighted by molar-refractivity contribution is 0.171. The van der Waals surface area contributed by atoms with Crippen LogP contribution in [0.3, 0.4) is 0 Å². The van der Waals surface area contributed by atoms with Crippen molar-refractivity contribution in [3.63, 3.8) is 0 Å². The summed E-state index contributed by atoms with van der Waals surface area (Å²) in [6.07, 6.45) is 2.27. The van der Waals surface area contributed by atoms with Crippen LogP contribution in [0.2, 0.25) is 0 Å². The lowest BCUT2D eigenvalue weighted by Gasteiger charge is -2.09. The van der Waals surface area contributed by atoms with Gasteiger partial charge < -0.3 is 5.11 Å². The molecule has 1 heterocycles. The second-order valence-electron chi connectivity index (χ2n) is 3.85. The van der Waals surface area contributed by atoms with Crippen molar-refractivity contribution in [2.75, 3.05) is 0 Å². The second-order valence-corrected chi connectivity index (χ2v) is 3.85. The Bertz CT molecular complexity index is 439. The van der Waals surface area contributed by atoms with E-state index in [9.17, 15) is 5.11 Å². The number of nitrogens with zero attached hydrogens (tertiary/aromatic N) is 3. The van der Waals surface area contributed by atoms with Crippen LogP contribution in [0.5, 0.6) is 0 Å². The number of aliphatic hydroxyl groups excluding tert-OH is 1. The first-order chi connectivity index (χ1) is 7.75. The van der Waals surface area contributed by atoms with E-state index in [1.165, 1.54) is 6.33 Å². The van der Waals surface area contributed by atoms with E-state index in [-0.39, 0.29) is 0 Å². The molecule has 0 spiro atoms. The van der Waals surface area contributed by atoms with Crippen molar-refractivity contribution in [1.29, 1.82) is 0 Å². The average molecular weight is 217 g/mol. The van der Waals surface area contributed by atoms with Crippen molar-refractivity contribution in [1.82, 2.24) is 14.8 Å². The van der Waals surface area contributed by atoms with Crippen LogP contribution in [-0.4, -0.2) is 26.0 Å². The molecular weight excluding hydrogens is 202 g/mol. The van der Waals surface area contributed by atoms with Crippen molar-refractivity contribution < 1.29 is 5.11 Å². The van der Waals surface area contributed by atoms with Gasteiger partial charge in [0, 0.05) is 13.5 Å². The Hall–Kier alpha value is -1.68. The minimum atomic E-state index is -0.412. The summed E-state index contributed by atoms with van der Waals surface area (Å²) in [6, 6.07) is 9.95. The van der Waals surface area contributed by atoms with E-state index in [2.05, 4.69) is 10.1 Å². The van der Waals surface area contributed by atoms with Crippen LogP contribution in [-0.2, 0) is 19.9 Å². The summed E-state index contributed by atoms with van der Waals surface area (Å²) in [6.45, 7) is 0. The number of rotatable bonds is 4. The van der Waals surface area contributed by atoms with Crippen LogP contribution in [0.1, 0.15) is 11.4 Å². The van der Waals surface area contributed by atoms with Gasteiger partial charge >= 0.3 is 0 Å². The Labute approximate surface area is 94.6 Å². The van der Waals surface area contributed by atoms with Crippen molar-refractivity contribution in [2.24, 2.45) is 7.05 Å². The third kappa shape index (κ3) is 2.67. The fourth-order valence-corrected chi connectivity index (χ4v) is 1.67. The Morgan fingerprint density at radius 3 is 2.62 bits per heavy atom. The van der Waals surface area contributed by atoms with Crippen LogP contribution in [0.15, 0.2) is 36.7 Å². The lowest BCUT2D eigenvalue weighted by atomic mass is 10.1. The topological polar surface area (TPSA) is 50.9 Å². The molecule has 1 N–H and O–H groups in total. The molecule has 2 aromatic rings. The number of hydrogen-bond donors (Lipinski definition) is 1. The van der Waals surface area contributed by atoms with Crippen LogP contribution in [0.25, 0.3) is 0 Å². The van der Waals surface area contributed by atoms with Gasteiger partial charge in [0.1, 0.15) is 12.2 Å². The largest absolute Gasteiger partial charge is 0.392 e. The van der Waals surface area contributed by atoms with Crippen molar-refractivity contribution >= 4 is 0 Å². The first-order valence-electron chi connectivity index (χ1n) is 5.30. The quantitative estimate of drug-likeness (QED) is 0.830. The molecule has 0 aliphatic rings. The summed E-state index contributed by atoms with van der Waals surface area (Å²) in [4.78, 5) is 4.09. The van der Waals surface area contributed by atoms with E-state index in [1.54, 1.807) is 4.68 Å². The van der Waals surface area contributed by atoms with Gasteiger partial charge in [0.2, 0.25) is 0 Å². The van der Waals surface area contributed by atoms with Crippen molar-refractivity contribution in [3.8, 4) is 0 Å². The molecular formula is C12H15N3O. The van der Waals surface area contributed by atoms with E-state index in [4.69, 9.17) is 0 Å². The number of aliphatic hydroxyl groups is 1. The molecule has 0 bridgehead atoms. The third-order valence-electron chi connectivity index (χ3n) is 2.54. The number of aryl methyl sites for hydroxylation is 1. The highest BCUT2D eigenvalue weighted by Crippen LogP contribution is 2.06. The minimum Gasteiger partial charge on any atom is -0.392 e. The molecule has 0 radical (unpaired) electrons. The zero-order chi connectivity index (χ0) is 11.4. The van der Waals surface area contributed by atoms with Gasteiger partial charge in [0.15, 0.2) is 0 Å². The molecule has 1 aromatic carbocycles. The summed E-state index contributed by atoms with van der Waals surface area (Å²) in [5, 5.41) is 13.9. The highest BCUT2D eigenvalue weighted by molar-refractivity contribution is 5.15. The molecule has 0 aliphatic heterocycles. The number of benzene rings is 1. The van der Waals surface area contributed by atoms with Crippen LogP contribution in [0, 0.1) is 0 Å². The molecule has 0 fully saturated rings. The Morgan fingerprint density at radius 2 is 2.00 bits per heavy atom. The first kappa shape index (κ1) is 10.8. The highest BCUT2D eigenvalue weighted by atomic mass is 16.3. The Balaban J connectivity index is 1.95. The first-order valence-corrected chi connectivity index (χ1v) is 5.30. The monoisotopic (exact) mass is 217 g/mol. The molecule has 84 valence electrons. The molecule has 0 saturated carbocycles. The Morgan fingerprint density at radius 1 is 1.25 bits per heavy atom. The molecule has 0 saturated heterocycles. The summed E-state index contributed by atoms with van der Waals surface area (Å²) in [5.41, 5.74) is 1.14. The van der Waals surface area contributed by atoms with Gasteiger partial charge in [-0.25, -0.2) is 4.98 Å². The molecule has 1 atom stereocenters. The lowest BCUT2D eigenvalue weighted by Crippen LogP contribution is -2.16. The molecule has 0 amide bonds. The third-order valence-corrected chi connectivity index (χ3v) is 2.54. The molecule has 2 rings (SSSR count). The minimum absolute atomic E-state index is 0.412. The van der Waals surface area contributed by atoms with E-state index in [0.29, 0.717) is 12.8 Å². The summed E-state index contributed by atoms with van der Waals surface area (Å²) < 4.78 is 1.69.